The first-order valence-corrected chi connectivity index (χ1v) is 16.5. The van der Waals surface area contributed by atoms with Crippen molar-refractivity contribution in [2.45, 2.75) is 56.5 Å². The molecule has 0 radical (unpaired) electrons. The van der Waals surface area contributed by atoms with Crippen molar-refractivity contribution in [3.63, 3.8) is 0 Å². The zero-order chi connectivity index (χ0) is 33.2. The fourth-order valence-corrected chi connectivity index (χ4v) is 7.06. The highest BCUT2D eigenvalue weighted by Gasteiger charge is 2.34. The molecule has 1 saturated heterocycles. The maximum atomic E-state index is 13.6. The van der Waals surface area contributed by atoms with Gasteiger partial charge in [0.2, 0.25) is 5.91 Å². The summed E-state index contributed by atoms with van der Waals surface area (Å²) in [5, 5.41) is 11.3. The van der Waals surface area contributed by atoms with Gasteiger partial charge in [-0.05, 0) is 74.6 Å². The molecule has 1 fully saturated rings. The number of benzene rings is 3. The second kappa shape index (κ2) is 13.3. The molecule has 1 aliphatic rings. The average Bonchev–Trinajstić information content (AvgIpc) is 3.36. The molecule has 2 heterocycles. The number of amides is 2. The van der Waals surface area contributed by atoms with E-state index in [-0.39, 0.29) is 39.9 Å². The van der Waals surface area contributed by atoms with Gasteiger partial charge >= 0.3 is 6.18 Å². The topological polar surface area (TPSA) is 116 Å². The van der Waals surface area contributed by atoms with Gasteiger partial charge in [0, 0.05) is 38.2 Å². The maximum absolute atomic E-state index is 13.6. The van der Waals surface area contributed by atoms with Crippen LogP contribution >= 0.6 is 11.6 Å². The largest absolute Gasteiger partial charge is 0.529 e. The number of carbonyl (C=O) groups is 2. The lowest BCUT2D eigenvalue weighted by Gasteiger charge is -2.26. The quantitative estimate of drug-likeness (QED) is 0.231. The number of aromatic nitrogens is 2. The summed E-state index contributed by atoms with van der Waals surface area (Å²) in [4.78, 5) is 30.8. The fraction of sp³-hybridized carbons (Fsp3) is 0.344. The van der Waals surface area contributed by atoms with Gasteiger partial charge in [-0.25, -0.2) is 13.4 Å². The van der Waals surface area contributed by atoms with Crippen LogP contribution in [0.25, 0.3) is 16.7 Å². The predicted molar refractivity (Wildman–Crippen MR) is 164 cm³/mol. The summed E-state index contributed by atoms with van der Waals surface area (Å²) in [6.07, 6.45) is -3.32. The molecule has 0 saturated carbocycles. The predicted octanol–water partition coefficient (Wildman–Crippen LogP) is 5.53. The third kappa shape index (κ3) is 7.15. The summed E-state index contributed by atoms with van der Waals surface area (Å²) >= 11 is 6.07. The molecule has 2 amide bonds. The number of imidazole rings is 1. The standard InChI is InChI=1S/C32H32ClF3N4O5S/c1-21-5-11-24(12-6-21)46(44,45)39(31(42)43)18-15-22-7-9-23(10-8-22)40-28-20-26(33)25(32(34,35)36)19-27(28)37-29(40)13-14-30(41)38-16-3-2-4-17-38/h5-12,19-20H,2-4,13-18H2,1H3,(H,42,43)/p-1. The number of aryl methyl sites for hydroxylation is 2. The number of carbonyl (C=O) groups excluding carboxylic acids is 2. The Labute approximate surface area is 269 Å². The zero-order valence-electron chi connectivity index (χ0n) is 24.9. The summed E-state index contributed by atoms with van der Waals surface area (Å²) in [7, 11) is -4.37. The molecule has 0 bridgehead atoms. The highest BCUT2D eigenvalue weighted by Crippen LogP contribution is 2.38. The minimum absolute atomic E-state index is 0.0298. The van der Waals surface area contributed by atoms with E-state index in [0.29, 0.717) is 35.7 Å². The van der Waals surface area contributed by atoms with Crippen LogP contribution in [-0.4, -0.2) is 58.8 Å². The molecule has 0 aliphatic carbocycles. The number of nitrogens with zero attached hydrogens (tertiary/aromatic N) is 4. The lowest BCUT2D eigenvalue weighted by Crippen LogP contribution is -2.45. The molecule has 9 nitrogen and oxygen atoms in total. The van der Waals surface area contributed by atoms with Crippen LogP contribution in [0.4, 0.5) is 18.0 Å². The van der Waals surface area contributed by atoms with Crippen molar-refractivity contribution >= 4 is 44.7 Å². The van der Waals surface area contributed by atoms with Gasteiger partial charge in [0.15, 0.2) is 6.09 Å². The summed E-state index contributed by atoms with van der Waals surface area (Å²) in [5.74, 6) is 0.316. The lowest BCUT2D eigenvalue weighted by atomic mass is 10.1. The Balaban J connectivity index is 1.42. The first-order chi connectivity index (χ1) is 21.8. The van der Waals surface area contributed by atoms with Gasteiger partial charge in [-0.15, -0.1) is 0 Å². The van der Waals surface area contributed by atoms with Crippen molar-refractivity contribution in [1.82, 2.24) is 18.8 Å². The van der Waals surface area contributed by atoms with Crippen molar-refractivity contribution in [2.75, 3.05) is 19.6 Å². The summed E-state index contributed by atoms with van der Waals surface area (Å²) in [6, 6.07) is 14.5. The van der Waals surface area contributed by atoms with Gasteiger partial charge in [-0.2, -0.15) is 13.2 Å². The van der Waals surface area contributed by atoms with Crippen LogP contribution in [0.2, 0.25) is 5.02 Å². The Kier molecular flexibility index (Phi) is 9.64. The summed E-state index contributed by atoms with van der Waals surface area (Å²) in [6.45, 7) is 2.72. The fourth-order valence-electron chi connectivity index (χ4n) is 5.53. The number of hydrogen-bond donors (Lipinski definition) is 0. The van der Waals surface area contributed by atoms with Crippen molar-refractivity contribution in [3.8, 4) is 5.69 Å². The lowest BCUT2D eigenvalue weighted by molar-refractivity contribution is -0.259. The first-order valence-electron chi connectivity index (χ1n) is 14.7. The Morgan fingerprint density at radius 3 is 2.24 bits per heavy atom. The molecule has 0 N–H and O–H groups in total. The molecule has 0 spiro atoms. The van der Waals surface area contributed by atoms with Gasteiger partial charge < -0.3 is 14.8 Å². The second-order valence-electron chi connectivity index (χ2n) is 11.2. The molecule has 5 rings (SSSR count). The van der Waals surface area contributed by atoms with Crippen LogP contribution in [0.1, 0.15) is 48.2 Å². The molecule has 14 heteroatoms. The molecule has 46 heavy (non-hydrogen) atoms. The molecule has 0 atom stereocenters. The van der Waals surface area contributed by atoms with E-state index in [1.807, 2.05) is 0 Å². The van der Waals surface area contributed by atoms with E-state index < -0.39 is 39.4 Å². The summed E-state index contributed by atoms with van der Waals surface area (Å²) < 4.78 is 68.8. The van der Waals surface area contributed by atoms with Crippen LogP contribution in [0.15, 0.2) is 65.6 Å². The Morgan fingerprint density at radius 1 is 0.978 bits per heavy atom. The van der Waals surface area contributed by atoms with Gasteiger partial charge in [0.05, 0.1) is 26.5 Å². The van der Waals surface area contributed by atoms with Crippen LogP contribution in [0.3, 0.4) is 0 Å². The number of sulfonamides is 1. The second-order valence-corrected chi connectivity index (χ2v) is 13.5. The number of likely N-dealkylation sites (tertiary alicyclic amines) is 1. The van der Waals surface area contributed by atoms with Gasteiger partial charge in [0.1, 0.15) is 5.82 Å². The molecule has 3 aromatic carbocycles. The molecule has 244 valence electrons. The molecular formula is C32H31ClF3N4O5S-. The van der Waals surface area contributed by atoms with E-state index in [2.05, 4.69) is 4.98 Å². The third-order valence-corrected chi connectivity index (χ3v) is 10.1. The Morgan fingerprint density at radius 2 is 1.63 bits per heavy atom. The molecular weight excluding hydrogens is 645 g/mol. The van der Waals surface area contributed by atoms with Crippen LogP contribution in [0.5, 0.6) is 0 Å². The molecule has 4 aromatic rings. The molecule has 0 unspecified atom stereocenters. The molecule has 1 aromatic heterocycles. The van der Waals surface area contributed by atoms with E-state index in [1.54, 1.807) is 52.8 Å². The van der Waals surface area contributed by atoms with Crippen LogP contribution in [0, 0.1) is 6.92 Å². The average molecular weight is 676 g/mol. The van der Waals surface area contributed by atoms with E-state index in [9.17, 15) is 36.3 Å². The number of fused-ring (bicyclic) bond motifs is 1. The summed E-state index contributed by atoms with van der Waals surface area (Å²) in [5.41, 5.74) is 1.29. The minimum atomic E-state index is -4.69. The first kappa shape index (κ1) is 33.3. The third-order valence-electron chi connectivity index (χ3n) is 8.00. The van der Waals surface area contributed by atoms with Gasteiger partial charge in [0.25, 0.3) is 10.0 Å². The van der Waals surface area contributed by atoms with Crippen molar-refractivity contribution in [3.05, 3.63) is 88.2 Å². The number of piperidine rings is 1. The van der Waals surface area contributed by atoms with E-state index in [1.165, 1.54) is 18.2 Å². The van der Waals surface area contributed by atoms with E-state index >= 15 is 0 Å². The number of hydrogen-bond acceptors (Lipinski definition) is 6. The van der Waals surface area contributed by atoms with Crippen LogP contribution < -0.4 is 5.11 Å². The Hall–Kier alpha value is -4.10. The smallest absolute Gasteiger partial charge is 0.417 e. The normalized spacial score (nSPS) is 14.1. The SMILES string of the molecule is Cc1ccc(S(=O)(=O)N(CCc2ccc(-n3c(CCC(=O)N4CCCCC4)nc4cc(C(F)(F)F)c(Cl)cc43)cc2)C(=O)[O-])cc1. The van der Waals surface area contributed by atoms with Crippen LogP contribution in [-0.2, 0) is 33.8 Å². The van der Waals surface area contributed by atoms with Crippen molar-refractivity contribution in [2.24, 2.45) is 0 Å². The van der Waals surface area contributed by atoms with Gasteiger partial charge in [-0.3, -0.25) is 13.7 Å². The number of halogens is 4. The maximum Gasteiger partial charge on any atom is 0.417 e. The van der Waals surface area contributed by atoms with Crippen molar-refractivity contribution < 1.29 is 36.3 Å². The minimum Gasteiger partial charge on any atom is -0.529 e. The van der Waals surface area contributed by atoms with E-state index in [0.717, 1.165) is 30.9 Å². The zero-order valence-corrected chi connectivity index (χ0v) is 26.5. The van der Waals surface area contributed by atoms with Gasteiger partial charge in [-0.1, -0.05) is 41.4 Å². The van der Waals surface area contributed by atoms with Crippen molar-refractivity contribution in [1.29, 1.82) is 0 Å². The monoisotopic (exact) mass is 675 g/mol. The number of rotatable bonds is 9. The Bertz CT molecular complexity index is 1850. The highest BCUT2D eigenvalue weighted by molar-refractivity contribution is 7.89. The number of carboxylic acid groups (broad SMARTS) is 1. The molecule has 1 aliphatic heterocycles. The van der Waals surface area contributed by atoms with E-state index in [4.69, 9.17) is 11.6 Å². The number of alkyl halides is 3. The highest BCUT2D eigenvalue weighted by atomic mass is 35.5.